The number of halogens is 6. The van der Waals surface area contributed by atoms with Crippen molar-refractivity contribution in [3.05, 3.63) is 59.4 Å². The van der Waals surface area contributed by atoms with Crippen LogP contribution >= 0.6 is 0 Å². The first-order valence-electron chi connectivity index (χ1n) is 6.59. The van der Waals surface area contributed by atoms with Gasteiger partial charge in [-0.3, -0.25) is 4.98 Å². The highest BCUT2D eigenvalue weighted by atomic mass is 19.4. The third-order valence-electron chi connectivity index (χ3n) is 3.02. The molecule has 0 atom stereocenters. The van der Waals surface area contributed by atoms with E-state index in [9.17, 15) is 26.3 Å². The number of benzene rings is 1. The first-order chi connectivity index (χ1) is 10.7. The molecule has 23 heavy (non-hydrogen) atoms. The Kier molecular flexibility index (Phi) is 4.82. The summed E-state index contributed by atoms with van der Waals surface area (Å²) in [6, 6.07) is 6.59. The third kappa shape index (κ3) is 4.87. The molecule has 0 fully saturated rings. The van der Waals surface area contributed by atoms with Crippen molar-refractivity contribution in [2.45, 2.75) is 18.8 Å². The third-order valence-corrected chi connectivity index (χ3v) is 3.02. The lowest BCUT2D eigenvalue weighted by Crippen LogP contribution is -2.13. The lowest BCUT2D eigenvalue weighted by atomic mass is 10.1. The van der Waals surface area contributed by atoms with Crippen LogP contribution in [0.15, 0.2) is 42.6 Å². The summed E-state index contributed by atoms with van der Waals surface area (Å²) < 4.78 is 76.3. The average Bonchev–Trinajstić information content (AvgIpc) is 2.46. The summed E-state index contributed by atoms with van der Waals surface area (Å²) >= 11 is 0. The van der Waals surface area contributed by atoms with Gasteiger partial charge in [0.1, 0.15) is 0 Å². The van der Waals surface area contributed by atoms with Crippen molar-refractivity contribution in [1.82, 2.24) is 4.98 Å². The van der Waals surface area contributed by atoms with Crippen LogP contribution in [0.5, 0.6) is 0 Å². The standard InChI is InChI=1S/C15H12F6N2/c16-14(17,18)10-7-11(15(19,20)21)9-13(8-10)23-6-4-12-3-1-2-5-22-12/h1-3,5,7-9,23H,4,6H2. The van der Waals surface area contributed by atoms with E-state index < -0.39 is 23.5 Å². The number of nitrogens with zero attached hydrogens (tertiary/aromatic N) is 1. The zero-order chi connectivity index (χ0) is 17.1. The van der Waals surface area contributed by atoms with Crippen LogP contribution in [0.25, 0.3) is 0 Å². The molecule has 1 N–H and O–H groups in total. The number of rotatable bonds is 4. The Labute approximate surface area is 128 Å². The van der Waals surface area contributed by atoms with Crippen molar-refractivity contribution in [1.29, 1.82) is 0 Å². The quantitative estimate of drug-likeness (QED) is 0.815. The monoisotopic (exact) mass is 334 g/mol. The molecule has 2 rings (SSSR count). The van der Waals surface area contributed by atoms with Gasteiger partial charge in [-0.2, -0.15) is 26.3 Å². The molecule has 8 heteroatoms. The van der Waals surface area contributed by atoms with Gasteiger partial charge in [0.2, 0.25) is 0 Å². The normalized spacial score (nSPS) is 12.3. The molecular formula is C15H12F6N2. The Morgan fingerprint density at radius 1 is 0.870 bits per heavy atom. The van der Waals surface area contributed by atoms with E-state index in [1.807, 2.05) is 0 Å². The van der Waals surface area contributed by atoms with Gasteiger partial charge in [-0.05, 0) is 30.3 Å². The van der Waals surface area contributed by atoms with Gasteiger partial charge in [0, 0.05) is 30.5 Å². The molecule has 0 saturated carbocycles. The SMILES string of the molecule is FC(F)(F)c1cc(NCCc2ccccn2)cc(C(F)(F)F)c1. The second kappa shape index (κ2) is 6.47. The lowest BCUT2D eigenvalue weighted by molar-refractivity contribution is -0.143. The zero-order valence-corrected chi connectivity index (χ0v) is 11.7. The number of pyridine rings is 1. The van der Waals surface area contributed by atoms with E-state index in [1.165, 1.54) is 0 Å². The molecular weight excluding hydrogens is 322 g/mol. The van der Waals surface area contributed by atoms with E-state index in [-0.39, 0.29) is 18.3 Å². The van der Waals surface area contributed by atoms with Gasteiger partial charge in [0.15, 0.2) is 0 Å². The number of hydrogen-bond donors (Lipinski definition) is 1. The van der Waals surface area contributed by atoms with E-state index >= 15 is 0 Å². The summed E-state index contributed by atoms with van der Waals surface area (Å²) in [6.07, 6.45) is -7.77. The fourth-order valence-corrected chi connectivity index (χ4v) is 1.94. The molecule has 1 aromatic heterocycles. The number of aromatic nitrogens is 1. The minimum atomic E-state index is -4.85. The Bertz CT molecular complexity index is 617. The van der Waals surface area contributed by atoms with E-state index in [2.05, 4.69) is 10.3 Å². The molecule has 124 valence electrons. The summed E-state index contributed by atoms with van der Waals surface area (Å²) in [5.41, 5.74) is -2.23. The molecule has 0 bridgehead atoms. The van der Waals surface area contributed by atoms with Crippen molar-refractivity contribution < 1.29 is 26.3 Å². The van der Waals surface area contributed by atoms with Crippen LogP contribution in [0.1, 0.15) is 16.8 Å². The fourth-order valence-electron chi connectivity index (χ4n) is 1.94. The molecule has 0 aliphatic carbocycles. The van der Waals surface area contributed by atoms with E-state index in [0.717, 1.165) is 0 Å². The van der Waals surface area contributed by atoms with E-state index in [0.29, 0.717) is 24.2 Å². The number of alkyl halides is 6. The predicted molar refractivity (Wildman–Crippen MR) is 72.9 cm³/mol. The average molecular weight is 334 g/mol. The molecule has 0 aliphatic heterocycles. The Morgan fingerprint density at radius 2 is 1.48 bits per heavy atom. The Morgan fingerprint density at radius 3 is 1.96 bits per heavy atom. The number of anilines is 1. The van der Waals surface area contributed by atoms with Gasteiger partial charge in [0.25, 0.3) is 0 Å². The second-order valence-corrected chi connectivity index (χ2v) is 4.79. The second-order valence-electron chi connectivity index (χ2n) is 4.79. The van der Waals surface area contributed by atoms with Gasteiger partial charge in [0.05, 0.1) is 11.1 Å². The smallest absolute Gasteiger partial charge is 0.385 e. The van der Waals surface area contributed by atoms with Crippen LogP contribution in [0.3, 0.4) is 0 Å². The van der Waals surface area contributed by atoms with E-state index in [1.54, 1.807) is 24.4 Å². The van der Waals surface area contributed by atoms with Gasteiger partial charge in [-0.1, -0.05) is 6.07 Å². The molecule has 2 nitrogen and oxygen atoms in total. The maximum atomic E-state index is 12.7. The van der Waals surface area contributed by atoms with Crippen molar-refractivity contribution >= 4 is 5.69 Å². The van der Waals surface area contributed by atoms with Crippen LogP contribution in [0, 0.1) is 0 Å². The highest BCUT2D eigenvalue weighted by Gasteiger charge is 2.36. The van der Waals surface area contributed by atoms with Crippen LogP contribution < -0.4 is 5.32 Å². The summed E-state index contributed by atoms with van der Waals surface area (Å²) in [5, 5.41) is 2.58. The molecule has 1 aromatic carbocycles. The Balaban J connectivity index is 2.17. The fraction of sp³-hybridized carbons (Fsp3) is 0.267. The zero-order valence-electron chi connectivity index (χ0n) is 11.7. The van der Waals surface area contributed by atoms with Gasteiger partial charge in [-0.25, -0.2) is 0 Å². The van der Waals surface area contributed by atoms with Crippen LogP contribution in [-0.2, 0) is 18.8 Å². The molecule has 0 amide bonds. The van der Waals surface area contributed by atoms with Gasteiger partial charge >= 0.3 is 12.4 Å². The molecule has 0 saturated heterocycles. The Hall–Kier alpha value is -2.25. The van der Waals surface area contributed by atoms with E-state index in [4.69, 9.17) is 0 Å². The summed E-state index contributed by atoms with van der Waals surface area (Å²) in [7, 11) is 0. The minimum absolute atomic E-state index is 0.101. The largest absolute Gasteiger partial charge is 0.416 e. The van der Waals surface area contributed by atoms with Gasteiger partial charge in [-0.15, -0.1) is 0 Å². The van der Waals surface area contributed by atoms with Crippen molar-refractivity contribution in [2.75, 3.05) is 11.9 Å². The lowest BCUT2D eigenvalue weighted by Gasteiger charge is -2.15. The predicted octanol–water partition coefficient (Wildman–Crippen LogP) is 4.77. The first-order valence-corrected chi connectivity index (χ1v) is 6.59. The summed E-state index contributed by atoms with van der Waals surface area (Å²) in [4.78, 5) is 4.02. The number of hydrogen-bond acceptors (Lipinski definition) is 2. The first kappa shape index (κ1) is 17.1. The highest BCUT2D eigenvalue weighted by Crippen LogP contribution is 2.37. The molecule has 0 aliphatic rings. The minimum Gasteiger partial charge on any atom is -0.385 e. The van der Waals surface area contributed by atoms with Crippen molar-refractivity contribution in [3.63, 3.8) is 0 Å². The summed E-state index contributed by atoms with van der Waals surface area (Å²) in [5.74, 6) is 0. The van der Waals surface area contributed by atoms with Gasteiger partial charge < -0.3 is 5.32 Å². The molecule has 2 aromatic rings. The maximum absolute atomic E-state index is 12.7. The molecule has 0 unspecified atom stereocenters. The topological polar surface area (TPSA) is 24.9 Å². The van der Waals surface area contributed by atoms with Crippen LogP contribution in [0.2, 0.25) is 0 Å². The molecule has 1 heterocycles. The number of nitrogens with one attached hydrogen (secondary N) is 1. The van der Waals surface area contributed by atoms with Crippen molar-refractivity contribution in [3.8, 4) is 0 Å². The summed E-state index contributed by atoms with van der Waals surface area (Å²) in [6.45, 7) is 0.162. The molecule has 0 radical (unpaired) electrons. The van der Waals surface area contributed by atoms with Crippen LogP contribution in [-0.4, -0.2) is 11.5 Å². The molecule has 0 spiro atoms. The highest BCUT2D eigenvalue weighted by molar-refractivity contribution is 5.50. The maximum Gasteiger partial charge on any atom is 0.416 e. The van der Waals surface area contributed by atoms with Crippen LogP contribution in [0.4, 0.5) is 32.0 Å². The van der Waals surface area contributed by atoms with Crippen molar-refractivity contribution in [2.24, 2.45) is 0 Å².